The molecule has 2 aromatic carbocycles. The average molecular weight is 407 g/mol. The van der Waals surface area contributed by atoms with Crippen molar-refractivity contribution in [3.63, 3.8) is 0 Å². The highest BCUT2D eigenvalue weighted by Gasteiger charge is 2.16. The molecule has 9 nitrogen and oxygen atoms in total. The Morgan fingerprint density at radius 1 is 0.967 bits per heavy atom. The molecule has 3 aliphatic heterocycles. The van der Waals surface area contributed by atoms with Crippen molar-refractivity contribution in [3.8, 4) is 23.0 Å². The quantitative estimate of drug-likeness (QED) is 0.624. The van der Waals surface area contributed by atoms with Gasteiger partial charge < -0.3 is 35.3 Å². The molecule has 0 amide bonds. The lowest BCUT2D eigenvalue weighted by Crippen LogP contribution is -2.36. The number of amidine groups is 1. The lowest BCUT2D eigenvalue weighted by Gasteiger charge is -2.20. The van der Waals surface area contributed by atoms with E-state index in [0.29, 0.717) is 25.6 Å². The van der Waals surface area contributed by atoms with Gasteiger partial charge in [-0.05, 0) is 35.4 Å². The molecule has 3 heterocycles. The minimum absolute atomic E-state index is 0.256. The minimum Gasteiger partial charge on any atom is -0.454 e. The summed E-state index contributed by atoms with van der Waals surface area (Å²) in [5.74, 6) is 4.25. The molecule has 30 heavy (non-hydrogen) atoms. The van der Waals surface area contributed by atoms with Crippen LogP contribution in [0, 0.1) is 0 Å². The van der Waals surface area contributed by atoms with E-state index in [9.17, 15) is 0 Å². The van der Waals surface area contributed by atoms with Crippen molar-refractivity contribution in [1.82, 2.24) is 10.6 Å². The molecule has 3 aliphatic rings. The summed E-state index contributed by atoms with van der Waals surface area (Å²) in [6.45, 7) is 2.01. The summed E-state index contributed by atoms with van der Waals surface area (Å²) < 4.78 is 21.5. The van der Waals surface area contributed by atoms with Crippen LogP contribution in [0.3, 0.4) is 0 Å². The Bertz CT molecular complexity index is 1060. The SMILES string of the molecule is NC1=NCNC(NCc2ccc3c(c2)OCO3)=C1C=NCc1ccc2c(c1)OCO2. The molecule has 0 bridgehead atoms. The first-order valence-corrected chi connectivity index (χ1v) is 9.55. The third-order valence-corrected chi connectivity index (χ3v) is 4.89. The van der Waals surface area contributed by atoms with E-state index in [1.165, 1.54) is 0 Å². The zero-order valence-corrected chi connectivity index (χ0v) is 16.2. The van der Waals surface area contributed by atoms with Gasteiger partial charge in [-0.1, -0.05) is 12.1 Å². The second-order valence-electron chi connectivity index (χ2n) is 6.87. The molecule has 4 N–H and O–H groups in total. The molecule has 0 atom stereocenters. The summed E-state index contributed by atoms with van der Waals surface area (Å²) in [4.78, 5) is 8.79. The summed E-state index contributed by atoms with van der Waals surface area (Å²) in [7, 11) is 0. The van der Waals surface area contributed by atoms with Gasteiger partial charge in [0, 0.05) is 12.8 Å². The highest BCUT2D eigenvalue weighted by Crippen LogP contribution is 2.33. The van der Waals surface area contributed by atoms with E-state index in [-0.39, 0.29) is 13.6 Å². The number of hydrogen-bond acceptors (Lipinski definition) is 9. The maximum Gasteiger partial charge on any atom is 0.231 e. The molecule has 0 spiro atoms. The van der Waals surface area contributed by atoms with Crippen LogP contribution in [0.4, 0.5) is 0 Å². The van der Waals surface area contributed by atoms with Crippen molar-refractivity contribution in [2.75, 3.05) is 20.3 Å². The van der Waals surface area contributed by atoms with Crippen LogP contribution in [-0.4, -0.2) is 32.3 Å². The maximum atomic E-state index is 6.11. The van der Waals surface area contributed by atoms with Gasteiger partial charge in [-0.15, -0.1) is 0 Å². The number of fused-ring (bicyclic) bond motifs is 2. The molecule has 5 rings (SSSR count). The fourth-order valence-electron chi connectivity index (χ4n) is 3.32. The standard InChI is InChI=1S/C21H21N5O4/c22-20-15(9-23-7-13-1-3-16-18(5-13)29-11-27-16)21(26-10-25-20)24-8-14-2-4-17-19(6-14)30-12-28-17/h1-6,9,24,26H,7-8,10-12H2,(H2,22,25). The number of nitrogens with one attached hydrogen (secondary N) is 2. The van der Waals surface area contributed by atoms with Gasteiger partial charge >= 0.3 is 0 Å². The number of ether oxygens (including phenoxy) is 4. The van der Waals surface area contributed by atoms with Crippen LogP contribution in [0.25, 0.3) is 0 Å². The van der Waals surface area contributed by atoms with E-state index in [0.717, 1.165) is 45.5 Å². The molecule has 0 saturated heterocycles. The van der Waals surface area contributed by atoms with Gasteiger partial charge in [0.2, 0.25) is 13.6 Å². The van der Waals surface area contributed by atoms with Gasteiger partial charge in [-0.3, -0.25) is 4.99 Å². The van der Waals surface area contributed by atoms with Crippen LogP contribution < -0.4 is 35.3 Å². The average Bonchev–Trinajstić information content (AvgIpc) is 3.42. The Morgan fingerprint density at radius 2 is 1.63 bits per heavy atom. The highest BCUT2D eigenvalue weighted by molar-refractivity contribution is 6.15. The third kappa shape index (κ3) is 3.69. The van der Waals surface area contributed by atoms with Crippen LogP contribution in [0.15, 0.2) is 57.8 Å². The van der Waals surface area contributed by atoms with Crippen molar-refractivity contribution < 1.29 is 18.9 Å². The molecule has 154 valence electrons. The summed E-state index contributed by atoms with van der Waals surface area (Å²) >= 11 is 0. The molecule has 0 unspecified atom stereocenters. The Kier molecular flexibility index (Phi) is 4.76. The smallest absolute Gasteiger partial charge is 0.231 e. The molecule has 0 radical (unpaired) electrons. The predicted molar refractivity (Wildman–Crippen MR) is 111 cm³/mol. The molecular formula is C21H21N5O4. The Morgan fingerprint density at radius 3 is 2.40 bits per heavy atom. The fourth-order valence-corrected chi connectivity index (χ4v) is 3.32. The molecular weight excluding hydrogens is 386 g/mol. The molecule has 9 heteroatoms. The minimum atomic E-state index is 0.256. The zero-order valence-electron chi connectivity index (χ0n) is 16.2. The number of hydrogen-bond donors (Lipinski definition) is 3. The molecule has 0 aliphatic carbocycles. The summed E-state index contributed by atoms with van der Waals surface area (Å²) in [6.07, 6.45) is 1.73. The second-order valence-corrected chi connectivity index (χ2v) is 6.87. The van der Waals surface area contributed by atoms with Crippen molar-refractivity contribution in [2.45, 2.75) is 13.1 Å². The van der Waals surface area contributed by atoms with E-state index in [1.807, 2.05) is 36.4 Å². The van der Waals surface area contributed by atoms with Gasteiger partial charge in [0.25, 0.3) is 0 Å². The van der Waals surface area contributed by atoms with Crippen molar-refractivity contribution in [1.29, 1.82) is 0 Å². The molecule has 0 aromatic heterocycles. The lowest BCUT2D eigenvalue weighted by atomic mass is 10.2. The van der Waals surface area contributed by atoms with Crippen molar-refractivity contribution in [2.24, 2.45) is 15.7 Å². The zero-order chi connectivity index (χ0) is 20.3. The van der Waals surface area contributed by atoms with Crippen LogP contribution in [0.5, 0.6) is 23.0 Å². The largest absolute Gasteiger partial charge is 0.454 e. The number of aliphatic imine (C=N–C) groups is 2. The van der Waals surface area contributed by atoms with E-state index in [1.54, 1.807) is 6.21 Å². The van der Waals surface area contributed by atoms with E-state index >= 15 is 0 Å². The van der Waals surface area contributed by atoms with Crippen molar-refractivity contribution >= 4 is 12.1 Å². The number of nitrogens with two attached hydrogens (primary N) is 1. The second kappa shape index (κ2) is 7.86. The van der Waals surface area contributed by atoms with Crippen LogP contribution in [0.1, 0.15) is 11.1 Å². The van der Waals surface area contributed by atoms with Crippen LogP contribution in [-0.2, 0) is 13.1 Å². The van der Waals surface area contributed by atoms with Gasteiger partial charge in [0.05, 0.1) is 12.1 Å². The summed E-state index contributed by atoms with van der Waals surface area (Å²) in [5.41, 5.74) is 8.92. The topological polar surface area (TPSA) is 112 Å². The Balaban J connectivity index is 1.28. The summed E-state index contributed by atoms with van der Waals surface area (Å²) in [6, 6.07) is 11.7. The number of rotatable bonds is 6. The van der Waals surface area contributed by atoms with Crippen molar-refractivity contribution in [3.05, 3.63) is 58.9 Å². The number of benzene rings is 2. The Labute approximate surface area is 173 Å². The van der Waals surface area contributed by atoms with Gasteiger partial charge in [-0.25, -0.2) is 4.99 Å². The van der Waals surface area contributed by atoms with Gasteiger partial charge in [0.15, 0.2) is 23.0 Å². The normalized spacial score (nSPS) is 16.6. The molecule has 2 aromatic rings. The monoisotopic (exact) mass is 407 g/mol. The summed E-state index contributed by atoms with van der Waals surface area (Å²) in [5, 5.41) is 6.60. The highest BCUT2D eigenvalue weighted by atomic mass is 16.7. The van der Waals surface area contributed by atoms with E-state index in [2.05, 4.69) is 20.6 Å². The molecule has 0 fully saturated rings. The third-order valence-electron chi connectivity index (χ3n) is 4.89. The number of nitrogens with zero attached hydrogens (tertiary/aromatic N) is 2. The predicted octanol–water partition coefficient (Wildman–Crippen LogP) is 1.63. The Hall–Kier alpha value is -3.88. The molecule has 0 saturated carbocycles. The van der Waals surface area contributed by atoms with Crippen LogP contribution >= 0.6 is 0 Å². The van der Waals surface area contributed by atoms with E-state index in [4.69, 9.17) is 24.7 Å². The first-order valence-electron chi connectivity index (χ1n) is 9.55. The van der Waals surface area contributed by atoms with Crippen LogP contribution in [0.2, 0.25) is 0 Å². The van der Waals surface area contributed by atoms with Gasteiger partial charge in [0.1, 0.15) is 18.3 Å². The first-order chi connectivity index (χ1) is 14.8. The maximum absolute atomic E-state index is 6.11. The lowest BCUT2D eigenvalue weighted by molar-refractivity contribution is 0.173. The first kappa shape index (κ1) is 18.2. The fraction of sp³-hybridized carbons (Fsp3) is 0.238. The van der Waals surface area contributed by atoms with Gasteiger partial charge in [-0.2, -0.15) is 0 Å². The van der Waals surface area contributed by atoms with E-state index < -0.39 is 0 Å².